The van der Waals surface area contributed by atoms with Gasteiger partial charge in [0.25, 0.3) is 5.60 Å². The van der Waals surface area contributed by atoms with Crippen molar-refractivity contribution in [2.45, 2.75) is 16.9 Å². The van der Waals surface area contributed by atoms with E-state index in [2.05, 4.69) is 0 Å². The highest BCUT2D eigenvalue weighted by Crippen LogP contribution is 2.35. The first kappa shape index (κ1) is 25.9. The highest BCUT2D eigenvalue weighted by atomic mass is 32.2. The molecule has 0 unspecified atom stereocenters. The van der Waals surface area contributed by atoms with Crippen molar-refractivity contribution in [3.05, 3.63) is 58.7 Å². The number of hydrogen-bond acceptors (Lipinski definition) is 9. The number of aliphatic hydroxyl groups is 1. The SMILES string of the molecule is O=C1c2ccccc2C(=O)c2cc(S(=O)(=O)N3CCN(C(=O)CC(O)(C(=O)O)C(=O)O)CC3)c(O)cc21. The van der Waals surface area contributed by atoms with E-state index in [1.807, 2.05) is 0 Å². The van der Waals surface area contributed by atoms with Gasteiger partial charge in [0.15, 0.2) is 11.6 Å². The zero-order valence-corrected chi connectivity index (χ0v) is 19.8. The molecular weight excluding hydrogens is 512 g/mol. The average molecular weight is 532 g/mol. The number of piperazine rings is 1. The maximum absolute atomic E-state index is 13.3. The summed E-state index contributed by atoms with van der Waals surface area (Å²) in [6.45, 7) is -1.13. The second kappa shape index (κ2) is 9.06. The summed E-state index contributed by atoms with van der Waals surface area (Å²) < 4.78 is 27.5. The Hall–Kier alpha value is -4.14. The number of ketones is 2. The standard InChI is InChI=1S/C23H20N2O11S/c26-16-9-14-15(20(29)13-4-2-1-3-12(13)19(14)28)10-17(16)37(35,36)25-7-5-24(6-8-25)18(27)11-23(34,21(30)31)22(32)33/h1-4,9-10,26,34H,5-8,11H2,(H,30,31)(H,32,33). The average Bonchev–Trinajstić information content (AvgIpc) is 2.86. The molecule has 4 N–H and O–H groups in total. The van der Waals surface area contributed by atoms with Crippen LogP contribution in [0.4, 0.5) is 0 Å². The van der Waals surface area contributed by atoms with Crippen molar-refractivity contribution in [1.82, 2.24) is 9.21 Å². The minimum atomic E-state index is -4.41. The van der Waals surface area contributed by atoms with Crippen molar-refractivity contribution in [2.75, 3.05) is 26.2 Å². The van der Waals surface area contributed by atoms with Crippen LogP contribution in [0.15, 0.2) is 41.3 Å². The van der Waals surface area contributed by atoms with Gasteiger partial charge in [-0.15, -0.1) is 0 Å². The molecule has 0 saturated carbocycles. The van der Waals surface area contributed by atoms with Crippen molar-refractivity contribution in [3.8, 4) is 5.75 Å². The summed E-state index contributed by atoms with van der Waals surface area (Å²) in [4.78, 5) is 60.8. The first-order valence-electron chi connectivity index (χ1n) is 10.8. The fraction of sp³-hybridized carbons (Fsp3) is 0.261. The summed E-state index contributed by atoms with van der Waals surface area (Å²) >= 11 is 0. The Morgan fingerprint density at radius 3 is 1.81 bits per heavy atom. The maximum Gasteiger partial charge on any atom is 0.348 e. The molecule has 37 heavy (non-hydrogen) atoms. The number of carboxylic acid groups (broad SMARTS) is 2. The van der Waals surface area contributed by atoms with E-state index in [-0.39, 0.29) is 48.4 Å². The van der Waals surface area contributed by atoms with Crippen LogP contribution in [0.2, 0.25) is 0 Å². The fourth-order valence-electron chi connectivity index (χ4n) is 4.21. The van der Waals surface area contributed by atoms with E-state index in [0.717, 1.165) is 21.3 Å². The predicted octanol–water partition coefficient (Wildman–Crippen LogP) is -0.709. The Balaban J connectivity index is 1.55. The highest BCUT2D eigenvalue weighted by Gasteiger charge is 2.48. The number of carboxylic acids is 2. The molecule has 0 radical (unpaired) electrons. The van der Waals surface area contributed by atoms with Crippen LogP contribution in [-0.4, -0.2) is 99.2 Å². The van der Waals surface area contributed by atoms with Crippen molar-refractivity contribution >= 4 is 39.4 Å². The quantitative estimate of drug-likeness (QED) is 0.292. The number of carbonyl (C=O) groups is 5. The molecule has 0 aromatic heterocycles. The minimum absolute atomic E-state index is 0.101. The van der Waals surface area contributed by atoms with Crippen LogP contribution in [0, 0.1) is 0 Å². The van der Waals surface area contributed by atoms with Crippen molar-refractivity contribution in [3.63, 3.8) is 0 Å². The molecule has 1 aliphatic carbocycles. The Labute approximate surface area is 209 Å². The molecular formula is C23H20N2O11S. The third-order valence-corrected chi connectivity index (χ3v) is 8.26. The number of nitrogens with zero attached hydrogens (tertiary/aromatic N) is 2. The number of benzene rings is 2. The molecule has 4 rings (SSSR count). The first-order valence-corrected chi connectivity index (χ1v) is 12.3. The molecule has 14 heteroatoms. The molecule has 2 aliphatic rings. The molecule has 0 bridgehead atoms. The topological polar surface area (TPSA) is 207 Å². The maximum atomic E-state index is 13.3. The summed E-state index contributed by atoms with van der Waals surface area (Å²) in [5, 5.41) is 38.2. The van der Waals surface area contributed by atoms with Crippen LogP contribution in [-0.2, 0) is 24.4 Å². The number of phenols is 1. The summed E-state index contributed by atoms with van der Waals surface area (Å²) in [5.74, 6) is -7.11. The highest BCUT2D eigenvalue weighted by molar-refractivity contribution is 7.89. The molecule has 1 saturated heterocycles. The molecule has 0 spiro atoms. The van der Waals surface area contributed by atoms with E-state index in [9.17, 15) is 42.6 Å². The Morgan fingerprint density at radius 2 is 1.32 bits per heavy atom. The fourth-order valence-corrected chi connectivity index (χ4v) is 5.72. The first-order chi connectivity index (χ1) is 17.3. The smallest absolute Gasteiger partial charge is 0.348 e. The summed E-state index contributed by atoms with van der Waals surface area (Å²) in [6, 6.07) is 7.88. The van der Waals surface area contributed by atoms with Gasteiger partial charge in [0, 0.05) is 48.4 Å². The second-order valence-electron chi connectivity index (χ2n) is 8.50. The van der Waals surface area contributed by atoms with Gasteiger partial charge in [-0.25, -0.2) is 18.0 Å². The van der Waals surface area contributed by atoms with Crippen LogP contribution < -0.4 is 0 Å². The van der Waals surface area contributed by atoms with E-state index < -0.39 is 62.1 Å². The Bertz CT molecular complexity index is 1460. The van der Waals surface area contributed by atoms with Crippen LogP contribution in [0.5, 0.6) is 5.75 Å². The lowest BCUT2D eigenvalue weighted by Crippen LogP contribution is -2.54. The summed E-state index contributed by atoms with van der Waals surface area (Å²) in [7, 11) is -4.41. The zero-order chi connectivity index (χ0) is 27.3. The van der Waals surface area contributed by atoms with Gasteiger partial charge >= 0.3 is 11.9 Å². The lowest BCUT2D eigenvalue weighted by atomic mass is 9.84. The van der Waals surface area contributed by atoms with Gasteiger partial charge in [-0.2, -0.15) is 4.31 Å². The number of hydrogen-bond donors (Lipinski definition) is 4. The molecule has 2 aromatic carbocycles. The number of fused-ring (bicyclic) bond motifs is 2. The molecule has 1 aliphatic heterocycles. The van der Waals surface area contributed by atoms with Crippen molar-refractivity contribution < 1.29 is 52.8 Å². The van der Waals surface area contributed by atoms with E-state index in [1.54, 1.807) is 12.1 Å². The molecule has 194 valence electrons. The molecule has 1 fully saturated rings. The van der Waals surface area contributed by atoms with Crippen molar-refractivity contribution in [1.29, 1.82) is 0 Å². The Morgan fingerprint density at radius 1 is 0.838 bits per heavy atom. The number of aromatic hydroxyl groups is 1. The lowest BCUT2D eigenvalue weighted by Gasteiger charge is -2.35. The number of phenolic OH excluding ortho intramolecular Hbond substituents is 1. The minimum Gasteiger partial charge on any atom is -0.507 e. The van der Waals surface area contributed by atoms with Crippen molar-refractivity contribution in [2.24, 2.45) is 0 Å². The van der Waals surface area contributed by atoms with E-state index in [1.165, 1.54) is 12.1 Å². The van der Waals surface area contributed by atoms with Gasteiger partial charge in [-0.05, 0) is 12.1 Å². The molecule has 0 atom stereocenters. The van der Waals surface area contributed by atoms with Gasteiger partial charge in [0.05, 0.1) is 6.42 Å². The van der Waals surface area contributed by atoms with E-state index in [4.69, 9.17) is 10.2 Å². The van der Waals surface area contributed by atoms with Crippen LogP contribution in [0.25, 0.3) is 0 Å². The largest absolute Gasteiger partial charge is 0.507 e. The molecule has 13 nitrogen and oxygen atoms in total. The molecule has 1 amide bonds. The summed E-state index contributed by atoms with van der Waals surface area (Å²) in [6.07, 6.45) is -1.26. The van der Waals surface area contributed by atoms with Gasteiger partial charge in [-0.3, -0.25) is 14.4 Å². The van der Waals surface area contributed by atoms with Gasteiger partial charge in [-0.1, -0.05) is 24.3 Å². The van der Waals surface area contributed by atoms with Crippen LogP contribution in [0.1, 0.15) is 38.3 Å². The third kappa shape index (κ3) is 4.24. The van der Waals surface area contributed by atoms with Crippen LogP contribution >= 0.6 is 0 Å². The third-order valence-electron chi connectivity index (χ3n) is 6.33. The number of amides is 1. The number of rotatable bonds is 6. The van der Waals surface area contributed by atoms with Crippen LogP contribution in [0.3, 0.4) is 0 Å². The van der Waals surface area contributed by atoms with E-state index >= 15 is 0 Å². The number of sulfonamides is 1. The molecule has 2 aromatic rings. The predicted molar refractivity (Wildman–Crippen MR) is 122 cm³/mol. The monoisotopic (exact) mass is 532 g/mol. The number of carbonyl (C=O) groups excluding carboxylic acids is 3. The normalized spacial score (nSPS) is 16.2. The molecule has 1 heterocycles. The van der Waals surface area contributed by atoms with E-state index in [0.29, 0.717) is 0 Å². The Kier molecular flexibility index (Phi) is 6.35. The lowest BCUT2D eigenvalue weighted by molar-refractivity contribution is -0.179. The van der Waals surface area contributed by atoms with Gasteiger partial charge in [0.1, 0.15) is 10.6 Å². The second-order valence-corrected chi connectivity index (χ2v) is 10.4. The zero-order valence-electron chi connectivity index (χ0n) is 18.9. The summed E-state index contributed by atoms with van der Waals surface area (Å²) in [5.41, 5.74) is -3.43. The van der Waals surface area contributed by atoms with Gasteiger partial charge in [0.2, 0.25) is 15.9 Å². The number of aliphatic carboxylic acids is 2. The van der Waals surface area contributed by atoms with Gasteiger partial charge < -0.3 is 25.3 Å².